The number of carbonyl (C=O) groups excluding carboxylic acids is 2. The average molecular weight is 648 g/mol. The number of fused-ring (bicyclic) bond motifs is 2. The van der Waals surface area contributed by atoms with Crippen LogP contribution < -0.4 is 15.8 Å². The third-order valence-electron chi connectivity index (χ3n) is 8.12. The molecule has 0 spiro atoms. The number of aliphatic imine (C=N–C) groups is 1. The number of ether oxygens (including phenoxy) is 1. The van der Waals surface area contributed by atoms with Gasteiger partial charge in [0.1, 0.15) is 11.9 Å². The first-order chi connectivity index (χ1) is 22.3. The zero-order chi connectivity index (χ0) is 32.8. The van der Waals surface area contributed by atoms with Crippen molar-refractivity contribution in [1.29, 1.82) is 0 Å². The average Bonchev–Trinajstić information content (AvgIpc) is 3.60. The van der Waals surface area contributed by atoms with Crippen LogP contribution in [-0.4, -0.2) is 92.9 Å². The van der Waals surface area contributed by atoms with Crippen molar-refractivity contribution in [2.24, 2.45) is 10.1 Å². The molecule has 4 N–H and O–H groups in total. The highest BCUT2D eigenvalue weighted by atomic mass is 32.1. The van der Waals surface area contributed by atoms with E-state index in [0.717, 1.165) is 32.7 Å². The van der Waals surface area contributed by atoms with Crippen LogP contribution in [0.2, 0.25) is 0 Å². The van der Waals surface area contributed by atoms with Gasteiger partial charge in [0, 0.05) is 32.0 Å². The number of aromatic nitrogens is 1. The standard InChI is InChI=1S/C32H41N9O4S/c1-5-14-39(32(43)35-17-22-10-12-24(45-4)13-11-22)40-20-28(42)41-25(15-21(3)16-34-6-2)30(37-44)38(19-27(40)41)18-23-8-7-9-26-29(23)36-31(33)46-26/h6-13,16,25,27,44H,5,14-15,17-20H2,1-4H3,(H2,33,36)(H,35,43)/b21-16+,34-6?,37-30+/t25-,27+/m0/s1. The Balaban J connectivity index is 1.46. The lowest BCUT2D eigenvalue weighted by molar-refractivity contribution is -0.130. The maximum atomic E-state index is 13.8. The van der Waals surface area contributed by atoms with Crippen LogP contribution in [0, 0.1) is 0 Å². The molecular formula is C32H41N9O4S. The summed E-state index contributed by atoms with van der Waals surface area (Å²) >= 11 is 1.41. The summed E-state index contributed by atoms with van der Waals surface area (Å²) in [5.74, 6) is 0.952. The number of nitrogens with one attached hydrogen (secondary N) is 1. The molecule has 0 bridgehead atoms. The van der Waals surface area contributed by atoms with E-state index >= 15 is 0 Å². The number of hydrogen-bond acceptors (Lipinski definition) is 10. The van der Waals surface area contributed by atoms with E-state index in [9.17, 15) is 14.8 Å². The number of thiazole rings is 1. The molecule has 5 rings (SSSR count). The second-order valence-corrected chi connectivity index (χ2v) is 12.3. The number of nitrogens with two attached hydrogens (primary N) is 1. The van der Waals surface area contributed by atoms with Crippen molar-refractivity contribution in [1.82, 2.24) is 30.1 Å². The Morgan fingerprint density at radius 2 is 2.07 bits per heavy atom. The van der Waals surface area contributed by atoms with E-state index in [4.69, 9.17) is 10.5 Å². The number of anilines is 1. The zero-order valence-electron chi connectivity index (χ0n) is 26.6. The highest BCUT2D eigenvalue weighted by Gasteiger charge is 2.51. The first-order valence-electron chi connectivity index (χ1n) is 15.3. The molecule has 0 saturated carbocycles. The first-order valence-corrected chi connectivity index (χ1v) is 16.1. The van der Waals surface area contributed by atoms with Crippen molar-refractivity contribution in [2.75, 3.05) is 32.5 Å². The van der Waals surface area contributed by atoms with Gasteiger partial charge in [-0.15, -0.1) is 0 Å². The van der Waals surface area contributed by atoms with E-state index in [1.807, 2.05) is 73.1 Å². The number of oxime groups is 1. The topological polar surface area (TPSA) is 152 Å². The number of amidine groups is 1. The molecule has 0 aliphatic carbocycles. The number of amides is 3. The summed E-state index contributed by atoms with van der Waals surface area (Å²) in [5, 5.41) is 21.1. The second-order valence-electron chi connectivity index (χ2n) is 11.3. The van der Waals surface area contributed by atoms with Crippen molar-refractivity contribution in [2.45, 2.75) is 58.9 Å². The Morgan fingerprint density at radius 3 is 2.76 bits per heavy atom. The zero-order valence-corrected chi connectivity index (χ0v) is 27.4. The first kappa shape index (κ1) is 32.7. The molecule has 46 heavy (non-hydrogen) atoms. The number of benzene rings is 2. The molecule has 2 aromatic carbocycles. The second kappa shape index (κ2) is 14.6. The third kappa shape index (κ3) is 6.92. The van der Waals surface area contributed by atoms with Crippen LogP contribution in [0.5, 0.6) is 5.75 Å². The van der Waals surface area contributed by atoms with Crippen LogP contribution in [0.25, 0.3) is 10.2 Å². The normalized spacial score (nSPS) is 19.8. The van der Waals surface area contributed by atoms with Gasteiger partial charge in [-0.3, -0.25) is 14.8 Å². The Hall–Kier alpha value is -4.69. The van der Waals surface area contributed by atoms with Gasteiger partial charge in [0.25, 0.3) is 0 Å². The highest BCUT2D eigenvalue weighted by molar-refractivity contribution is 7.22. The van der Waals surface area contributed by atoms with Gasteiger partial charge in [-0.1, -0.05) is 53.3 Å². The maximum absolute atomic E-state index is 13.8. The van der Waals surface area contributed by atoms with Gasteiger partial charge in [-0.25, -0.2) is 9.78 Å². The van der Waals surface area contributed by atoms with Crippen LogP contribution in [-0.2, 0) is 17.9 Å². The smallest absolute Gasteiger partial charge is 0.332 e. The van der Waals surface area contributed by atoms with Crippen molar-refractivity contribution in [3.8, 4) is 5.75 Å². The number of urea groups is 1. The van der Waals surface area contributed by atoms with Gasteiger partial charge in [0.15, 0.2) is 11.0 Å². The van der Waals surface area contributed by atoms with E-state index in [1.165, 1.54) is 11.3 Å². The number of methoxy groups -OCH3 is 1. The van der Waals surface area contributed by atoms with E-state index < -0.39 is 12.2 Å². The molecule has 3 aromatic rings. The predicted molar refractivity (Wildman–Crippen MR) is 180 cm³/mol. The number of hydrogen-bond donors (Lipinski definition) is 3. The molecule has 2 fully saturated rings. The molecule has 13 nitrogen and oxygen atoms in total. The monoisotopic (exact) mass is 647 g/mol. The van der Waals surface area contributed by atoms with Crippen LogP contribution in [0.3, 0.4) is 0 Å². The number of nitrogen functional groups attached to an aromatic ring is 1. The van der Waals surface area contributed by atoms with Gasteiger partial charge < -0.3 is 30.8 Å². The number of nitrogens with zero attached hydrogens (tertiary/aromatic N) is 7. The Labute approximate surface area is 272 Å². The Morgan fingerprint density at radius 1 is 1.28 bits per heavy atom. The Kier molecular flexibility index (Phi) is 10.4. The van der Waals surface area contributed by atoms with Crippen LogP contribution in [0.15, 0.2) is 64.4 Å². The number of hydrazine groups is 1. The SMILES string of the molecule is CC=N/C=C(\C)C[C@H]1/C(=N\O)N(Cc2cccc3sc(N)nc23)C[C@H]2N1C(=O)CN2N(CCC)C(=O)NCc1ccc(OC)cc1. The van der Waals surface area contributed by atoms with E-state index in [1.54, 1.807) is 29.4 Å². The molecule has 2 atom stereocenters. The number of rotatable bonds is 11. The molecule has 1 aromatic heterocycles. The summed E-state index contributed by atoms with van der Waals surface area (Å²) in [6.45, 7) is 7.18. The lowest BCUT2D eigenvalue weighted by atomic mass is 10.0. The summed E-state index contributed by atoms with van der Waals surface area (Å²) in [7, 11) is 1.61. The molecule has 0 radical (unpaired) electrons. The fourth-order valence-electron chi connectivity index (χ4n) is 6.02. The molecule has 3 heterocycles. The molecule has 244 valence electrons. The van der Waals surface area contributed by atoms with Gasteiger partial charge >= 0.3 is 6.03 Å². The van der Waals surface area contributed by atoms with E-state index in [-0.39, 0.29) is 18.5 Å². The number of piperazine rings is 1. The fourth-order valence-corrected chi connectivity index (χ4v) is 6.80. The molecule has 3 amide bonds. The van der Waals surface area contributed by atoms with Crippen LogP contribution in [0.1, 0.15) is 44.7 Å². The lowest BCUT2D eigenvalue weighted by Crippen LogP contribution is -2.65. The molecule has 0 unspecified atom stereocenters. The summed E-state index contributed by atoms with van der Waals surface area (Å²) in [4.78, 5) is 40.0. The van der Waals surface area contributed by atoms with E-state index in [0.29, 0.717) is 50.0 Å². The molecular weight excluding hydrogens is 606 g/mol. The number of carbonyl (C=O) groups is 2. The molecule has 2 aliphatic heterocycles. The molecule has 2 aliphatic rings. The largest absolute Gasteiger partial charge is 0.497 e. The van der Waals surface area contributed by atoms with Crippen molar-refractivity contribution < 1.29 is 19.5 Å². The maximum Gasteiger partial charge on any atom is 0.332 e. The van der Waals surface area contributed by atoms with Gasteiger partial charge in [-0.2, -0.15) is 5.01 Å². The van der Waals surface area contributed by atoms with Crippen molar-refractivity contribution >= 4 is 50.7 Å². The minimum atomic E-state index is -0.588. The highest BCUT2D eigenvalue weighted by Crippen LogP contribution is 2.33. The third-order valence-corrected chi connectivity index (χ3v) is 8.97. The van der Waals surface area contributed by atoms with Crippen molar-refractivity contribution in [3.05, 3.63) is 65.4 Å². The summed E-state index contributed by atoms with van der Waals surface area (Å²) in [5.41, 5.74) is 9.58. The molecule has 14 heteroatoms. The minimum Gasteiger partial charge on any atom is -0.497 e. The Bertz CT molecular complexity index is 1640. The van der Waals surface area contributed by atoms with E-state index in [2.05, 4.69) is 20.4 Å². The predicted octanol–water partition coefficient (Wildman–Crippen LogP) is 4.25. The fraction of sp³-hybridized carbons (Fsp3) is 0.406. The summed E-state index contributed by atoms with van der Waals surface area (Å²) < 4.78 is 6.21. The van der Waals surface area contributed by atoms with Crippen LogP contribution in [0.4, 0.5) is 9.93 Å². The quantitative estimate of drug-likeness (QED) is 0.159. The lowest BCUT2D eigenvalue weighted by Gasteiger charge is -2.47. The van der Waals surface area contributed by atoms with Crippen LogP contribution >= 0.6 is 11.3 Å². The van der Waals surface area contributed by atoms with Gasteiger partial charge in [0.2, 0.25) is 5.91 Å². The number of para-hydroxylation sites is 1. The summed E-state index contributed by atoms with van der Waals surface area (Å²) in [6.07, 6.45) is 4.03. The van der Waals surface area contributed by atoms with Crippen molar-refractivity contribution in [3.63, 3.8) is 0 Å². The van der Waals surface area contributed by atoms with Gasteiger partial charge in [-0.05, 0) is 56.0 Å². The summed E-state index contributed by atoms with van der Waals surface area (Å²) in [6, 6.07) is 12.5. The molecule has 2 saturated heterocycles. The minimum absolute atomic E-state index is 0.0117. The van der Waals surface area contributed by atoms with Gasteiger partial charge in [0.05, 0.1) is 36.5 Å².